The molecule has 1 rings (SSSR count). The standard InChI is InChI=1S/C14H20ClNO4S/c1-9-8-12(21(15,18)19)10(2)11(3)14(9)20-7-5-6-13(17)16-4/h8H,5-7H2,1-4H3,(H,16,17). The van der Waals surface area contributed by atoms with Gasteiger partial charge in [-0.25, -0.2) is 8.42 Å². The number of carbonyl (C=O) groups is 1. The number of ether oxygens (including phenoxy) is 1. The van der Waals surface area contributed by atoms with Gasteiger partial charge in [0.15, 0.2) is 0 Å². The molecule has 0 fully saturated rings. The van der Waals surface area contributed by atoms with Crippen LogP contribution in [0.3, 0.4) is 0 Å². The predicted octanol–water partition coefficient (Wildman–Crippen LogP) is 2.44. The summed E-state index contributed by atoms with van der Waals surface area (Å²) in [7, 11) is 3.24. The van der Waals surface area contributed by atoms with Gasteiger partial charge in [0.1, 0.15) is 5.75 Å². The normalized spacial score (nSPS) is 11.3. The second-order valence-corrected chi connectivity index (χ2v) is 7.37. The molecule has 0 saturated heterocycles. The van der Waals surface area contributed by atoms with E-state index in [1.165, 1.54) is 6.07 Å². The highest BCUT2D eigenvalue weighted by molar-refractivity contribution is 8.13. The van der Waals surface area contributed by atoms with Crippen molar-refractivity contribution in [1.82, 2.24) is 5.32 Å². The summed E-state index contributed by atoms with van der Waals surface area (Å²) < 4.78 is 28.7. The second-order valence-electron chi connectivity index (χ2n) is 4.83. The quantitative estimate of drug-likeness (QED) is 0.641. The summed E-state index contributed by atoms with van der Waals surface area (Å²) in [6.45, 7) is 5.65. The topological polar surface area (TPSA) is 72.5 Å². The maximum absolute atomic E-state index is 11.5. The van der Waals surface area contributed by atoms with Crippen molar-refractivity contribution in [2.24, 2.45) is 0 Å². The Morgan fingerprint density at radius 1 is 1.29 bits per heavy atom. The highest BCUT2D eigenvalue weighted by Gasteiger charge is 2.19. The zero-order valence-corrected chi connectivity index (χ0v) is 14.2. The lowest BCUT2D eigenvalue weighted by Crippen LogP contribution is -2.18. The van der Waals surface area contributed by atoms with E-state index >= 15 is 0 Å². The Hall–Kier alpha value is -1.27. The first kappa shape index (κ1) is 17.8. The van der Waals surface area contributed by atoms with E-state index in [0.717, 1.165) is 5.56 Å². The van der Waals surface area contributed by atoms with E-state index in [4.69, 9.17) is 15.4 Å². The summed E-state index contributed by atoms with van der Waals surface area (Å²) in [5.41, 5.74) is 2.03. The molecule has 0 heterocycles. The van der Waals surface area contributed by atoms with E-state index in [2.05, 4.69) is 5.32 Å². The largest absolute Gasteiger partial charge is 0.493 e. The van der Waals surface area contributed by atoms with Gasteiger partial charge >= 0.3 is 0 Å². The van der Waals surface area contributed by atoms with E-state index < -0.39 is 9.05 Å². The zero-order chi connectivity index (χ0) is 16.2. The van der Waals surface area contributed by atoms with Crippen molar-refractivity contribution in [2.45, 2.75) is 38.5 Å². The van der Waals surface area contributed by atoms with Crippen molar-refractivity contribution in [2.75, 3.05) is 13.7 Å². The van der Waals surface area contributed by atoms with E-state index in [1.54, 1.807) is 27.8 Å². The molecule has 0 saturated carbocycles. The summed E-state index contributed by atoms with van der Waals surface area (Å²) >= 11 is 0. The van der Waals surface area contributed by atoms with Gasteiger partial charge in [-0.2, -0.15) is 0 Å². The van der Waals surface area contributed by atoms with Crippen LogP contribution in [0.4, 0.5) is 0 Å². The fourth-order valence-corrected chi connectivity index (χ4v) is 3.35. The molecule has 0 aliphatic carbocycles. The van der Waals surface area contributed by atoms with Crippen molar-refractivity contribution in [3.05, 3.63) is 22.8 Å². The summed E-state index contributed by atoms with van der Waals surface area (Å²) in [5.74, 6) is 0.611. The van der Waals surface area contributed by atoms with Gasteiger partial charge in [0.05, 0.1) is 11.5 Å². The molecule has 1 aromatic carbocycles. The van der Waals surface area contributed by atoms with Crippen LogP contribution in [0, 0.1) is 20.8 Å². The van der Waals surface area contributed by atoms with Crippen LogP contribution in [-0.2, 0) is 13.8 Å². The van der Waals surface area contributed by atoms with E-state index in [1.807, 2.05) is 0 Å². The molecule has 118 valence electrons. The minimum Gasteiger partial charge on any atom is -0.493 e. The fourth-order valence-electron chi connectivity index (χ4n) is 2.03. The van der Waals surface area contributed by atoms with Crippen LogP contribution in [0.2, 0.25) is 0 Å². The molecule has 21 heavy (non-hydrogen) atoms. The van der Waals surface area contributed by atoms with E-state index in [0.29, 0.717) is 36.3 Å². The molecule has 7 heteroatoms. The first-order chi connectivity index (χ1) is 9.68. The van der Waals surface area contributed by atoms with Crippen molar-refractivity contribution >= 4 is 25.6 Å². The van der Waals surface area contributed by atoms with Crippen LogP contribution in [0.1, 0.15) is 29.5 Å². The third kappa shape index (κ3) is 4.61. The molecule has 0 bridgehead atoms. The Labute approximate surface area is 130 Å². The fraction of sp³-hybridized carbons (Fsp3) is 0.500. The number of nitrogens with one attached hydrogen (secondary N) is 1. The molecule has 1 N–H and O–H groups in total. The smallest absolute Gasteiger partial charge is 0.261 e. The Morgan fingerprint density at radius 3 is 2.43 bits per heavy atom. The third-order valence-corrected chi connectivity index (χ3v) is 4.76. The predicted molar refractivity (Wildman–Crippen MR) is 82.5 cm³/mol. The van der Waals surface area contributed by atoms with Gasteiger partial charge in [0.2, 0.25) is 5.91 Å². The van der Waals surface area contributed by atoms with Crippen LogP contribution in [0.15, 0.2) is 11.0 Å². The molecule has 1 aromatic rings. The number of rotatable bonds is 6. The summed E-state index contributed by atoms with van der Waals surface area (Å²) in [4.78, 5) is 11.2. The summed E-state index contributed by atoms with van der Waals surface area (Å²) in [6.07, 6.45) is 0.981. The average Bonchev–Trinajstić information content (AvgIpc) is 2.40. The molecule has 5 nitrogen and oxygen atoms in total. The first-order valence-electron chi connectivity index (χ1n) is 6.57. The molecular formula is C14H20ClNO4S. The molecule has 1 amide bonds. The van der Waals surface area contributed by atoms with Gasteiger partial charge < -0.3 is 10.1 Å². The molecular weight excluding hydrogens is 314 g/mol. The van der Waals surface area contributed by atoms with Crippen LogP contribution in [0.25, 0.3) is 0 Å². The third-order valence-electron chi connectivity index (χ3n) is 3.31. The second kappa shape index (κ2) is 7.13. The maximum Gasteiger partial charge on any atom is 0.261 e. The van der Waals surface area contributed by atoms with Gasteiger partial charge in [-0.1, -0.05) is 0 Å². The summed E-state index contributed by atoms with van der Waals surface area (Å²) in [5, 5.41) is 2.54. The van der Waals surface area contributed by atoms with Crippen molar-refractivity contribution in [3.8, 4) is 5.75 Å². The van der Waals surface area contributed by atoms with Crippen LogP contribution in [0.5, 0.6) is 5.75 Å². The number of hydrogen-bond acceptors (Lipinski definition) is 4. The van der Waals surface area contributed by atoms with Gasteiger partial charge in [-0.3, -0.25) is 4.79 Å². The lowest BCUT2D eigenvalue weighted by atomic mass is 10.1. The molecule has 0 aromatic heterocycles. The first-order valence-corrected chi connectivity index (χ1v) is 8.88. The average molecular weight is 334 g/mol. The van der Waals surface area contributed by atoms with Crippen LogP contribution in [-0.4, -0.2) is 28.0 Å². The van der Waals surface area contributed by atoms with Crippen molar-refractivity contribution < 1.29 is 17.9 Å². The Morgan fingerprint density at radius 2 is 1.90 bits per heavy atom. The van der Waals surface area contributed by atoms with Gasteiger partial charge in [-0.05, 0) is 49.9 Å². The number of benzene rings is 1. The van der Waals surface area contributed by atoms with Crippen LogP contribution < -0.4 is 10.1 Å². The SMILES string of the molecule is CNC(=O)CCCOc1c(C)cc(S(=O)(=O)Cl)c(C)c1C. The molecule has 0 unspecified atom stereocenters. The molecule has 0 aliphatic heterocycles. The van der Waals surface area contributed by atoms with Gasteiger partial charge in [0, 0.05) is 24.2 Å². The number of halogens is 1. The molecule has 0 radical (unpaired) electrons. The molecule has 0 spiro atoms. The lowest BCUT2D eigenvalue weighted by Gasteiger charge is -2.16. The van der Waals surface area contributed by atoms with Gasteiger partial charge in [-0.15, -0.1) is 0 Å². The number of carbonyl (C=O) groups excluding carboxylic acids is 1. The summed E-state index contributed by atoms with van der Waals surface area (Å²) in [6, 6.07) is 1.51. The van der Waals surface area contributed by atoms with E-state index in [9.17, 15) is 13.2 Å². The number of amides is 1. The highest BCUT2D eigenvalue weighted by atomic mass is 35.7. The monoisotopic (exact) mass is 333 g/mol. The Kier molecular flexibility index (Phi) is 6.04. The van der Waals surface area contributed by atoms with Crippen molar-refractivity contribution in [3.63, 3.8) is 0 Å². The maximum atomic E-state index is 11.5. The lowest BCUT2D eigenvalue weighted by molar-refractivity contribution is -0.120. The van der Waals surface area contributed by atoms with E-state index in [-0.39, 0.29) is 10.8 Å². The number of aryl methyl sites for hydroxylation is 1. The van der Waals surface area contributed by atoms with Crippen molar-refractivity contribution in [1.29, 1.82) is 0 Å². The zero-order valence-electron chi connectivity index (χ0n) is 12.6. The Bertz CT molecular complexity index is 641. The minimum atomic E-state index is -3.77. The minimum absolute atomic E-state index is 0.0354. The molecule has 0 atom stereocenters. The molecule has 0 aliphatic rings. The van der Waals surface area contributed by atoms with Gasteiger partial charge in [0.25, 0.3) is 9.05 Å². The van der Waals surface area contributed by atoms with Crippen LogP contribution >= 0.6 is 10.7 Å². The highest BCUT2D eigenvalue weighted by Crippen LogP contribution is 2.32. The Balaban J connectivity index is 2.90. The number of hydrogen-bond donors (Lipinski definition) is 1.